The molecule has 0 fully saturated rings. The third kappa shape index (κ3) is 5.37. The molecule has 0 bridgehead atoms. The van der Waals surface area contributed by atoms with Crippen molar-refractivity contribution in [3.63, 3.8) is 0 Å². The molecule has 10 nitrogen and oxygen atoms in total. The Hall–Kier alpha value is -4.94. The second-order valence-corrected chi connectivity index (χ2v) is 10.2. The van der Waals surface area contributed by atoms with Crippen LogP contribution in [-0.2, 0) is 17.5 Å². The lowest BCUT2D eigenvalue weighted by Gasteiger charge is -2.15. The molecular formula is C29H26F3N9O. The van der Waals surface area contributed by atoms with E-state index < -0.39 is 11.9 Å². The second kappa shape index (κ2) is 10.8. The number of imidazole rings is 2. The van der Waals surface area contributed by atoms with Crippen molar-refractivity contribution >= 4 is 22.8 Å². The molecule has 1 N–H and O–H groups in total. The Morgan fingerprint density at radius 1 is 1.07 bits per heavy atom. The van der Waals surface area contributed by atoms with Gasteiger partial charge in [0.15, 0.2) is 23.0 Å². The topological polar surface area (TPSA) is 116 Å². The number of carbonyl (C=O) groups is 1. The zero-order chi connectivity index (χ0) is 29.4. The van der Waals surface area contributed by atoms with Crippen molar-refractivity contribution < 1.29 is 18.0 Å². The summed E-state index contributed by atoms with van der Waals surface area (Å²) in [5.74, 6) is 1.34. The number of nitrogens with zero attached hydrogens (tertiary/aromatic N) is 8. The van der Waals surface area contributed by atoms with E-state index in [9.17, 15) is 18.0 Å². The van der Waals surface area contributed by atoms with Gasteiger partial charge in [-0.25, -0.2) is 29.4 Å². The van der Waals surface area contributed by atoms with Crippen LogP contribution < -0.4 is 5.32 Å². The van der Waals surface area contributed by atoms with Crippen molar-refractivity contribution in [3.05, 3.63) is 78.4 Å². The van der Waals surface area contributed by atoms with Gasteiger partial charge in [-0.1, -0.05) is 30.3 Å². The number of allylic oxidation sites excluding steroid dienone is 2. The molecule has 1 aliphatic rings. The van der Waals surface area contributed by atoms with Crippen LogP contribution in [0.25, 0.3) is 34.0 Å². The van der Waals surface area contributed by atoms with Crippen molar-refractivity contribution in [2.75, 3.05) is 5.32 Å². The molecule has 0 saturated heterocycles. The second-order valence-electron chi connectivity index (χ2n) is 10.2. The summed E-state index contributed by atoms with van der Waals surface area (Å²) in [7, 11) is 0. The zero-order valence-electron chi connectivity index (χ0n) is 22.8. The quantitative estimate of drug-likeness (QED) is 0.260. The van der Waals surface area contributed by atoms with Crippen LogP contribution in [0.4, 0.5) is 19.0 Å². The maximum atomic E-state index is 13.3. The SMILES string of the molecule is CC(C)n1cc(C(F)(F)F)nc1-c1ccc(CNc2nc(-c3cncnc3C3=CCC(=O)CC3)nn3ccnc23)cc1. The van der Waals surface area contributed by atoms with Gasteiger partial charge in [-0.05, 0) is 31.4 Å². The first-order chi connectivity index (χ1) is 20.2. The molecule has 13 heteroatoms. The van der Waals surface area contributed by atoms with Gasteiger partial charge in [0.05, 0.1) is 11.3 Å². The van der Waals surface area contributed by atoms with E-state index in [4.69, 9.17) is 4.98 Å². The van der Waals surface area contributed by atoms with Crippen LogP contribution in [0.15, 0.2) is 61.5 Å². The Kier molecular flexibility index (Phi) is 7.01. The molecule has 4 aromatic heterocycles. The Labute approximate surface area is 238 Å². The van der Waals surface area contributed by atoms with E-state index in [1.54, 1.807) is 35.2 Å². The summed E-state index contributed by atoms with van der Waals surface area (Å²) in [5.41, 5.74) is 3.35. The summed E-state index contributed by atoms with van der Waals surface area (Å²) in [6.07, 6.45) is 6.31. The number of hydrogen-bond donors (Lipinski definition) is 1. The van der Waals surface area contributed by atoms with E-state index in [-0.39, 0.29) is 17.6 Å². The molecule has 4 heterocycles. The van der Waals surface area contributed by atoms with Gasteiger partial charge >= 0.3 is 6.18 Å². The minimum atomic E-state index is -4.52. The average Bonchev–Trinajstić information content (AvgIpc) is 3.65. The summed E-state index contributed by atoms with van der Waals surface area (Å²) >= 11 is 0. The van der Waals surface area contributed by atoms with Gasteiger partial charge in [-0.3, -0.25) is 4.79 Å². The average molecular weight is 574 g/mol. The number of ketones is 1. The molecule has 6 rings (SSSR count). The maximum absolute atomic E-state index is 13.3. The molecule has 1 aromatic carbocycles. The fourth-order valence-corrected chi connectivity index (χ4v) is 4.83. The van der Waals surface area contributed by atoms with Gasteiger partial charge in [0, 0.05) is 55.8 Å². The molecule has 0 aliphatic heterocycles. The number of carbonyl (C=O) groups excluding carboxylic acids is 1. The number of anilines is 1. The number of alkyl halides is 3. The van der Waals surface area contributed by atoms with Gasteiger partial charge in [0.2, 0.25) is 0 Å². The third-order valence-electron chi connectivity index (χ3n) is 7.01. The van der Waals surface area contributed by atoms with Gasteiger partial charge in [0.25, 0.3) is 0 Å². The molecule has 0 radical (unpaired) electrons. The molecule has 214 valence electrons. The third-order valence-corrected chi connectivity index (χ3v) is 7.01. The first kappa shape index (κ1) is 27.2. The van der Waals surface area contributed by atoms with Crippen LogP contribution in [0.3, 0.4) is 0 Å². The number of fused-ring (bicyclic) bond motifs is 1. The van der Waals surface area contributed by atoms with E-state index in [1.807, 2.05) is 32.1 Å². The van der Waals surface area contributed by atoms with Crippen LogP contribution in [-0.4, -0.2) is 44.9 Å². The molecule has 0 saturated carbocycles. The number of halogens is 3. The smallest absolute Gasteiger partial charge is 0.363 e. The van der Waals surface area contributed by atoms with Gasteiger partial charge in [-0.2, -0.15) is 13.2 Å². The maximum Gasteiger partial charge on any atom is 0.434 e. The molecule has 5 aromatic rings. The molecule has 42 heavy (non-hydrogen) atoms. The van der Waals surface area contributed by atoms with E-state index in [1.165, 1.54) is 10.9 Å². The van der Waals surface area contributed by atoms with Crippen molar-refractivity contribution in [2.45, 2.75) is 51.9 Å². The summed E-state index contributed by atoms with van der Waals surface area (Å²) in [6.45, 7) is 4.00. The highest BCUT2D eigenvalue weighted by Crippen LogP contribution is 2.33. The minimum Gasteiger partial charge on any atom is -0.363 e. The van der Waals surface area contributed by atoms with Crippen LogP contribution in [0.2, 0.25) is 0 Å². The molecule has 0 unspecified atom stereocenters. The van der Waals surface area contributed by atoms with E-state index >= 15 is 0 Å². The van der Waals surface area contributed by atoms with Crippen LogP contribution >= 0.6 is 0 Å². The van der Waals surface area contributed by atoms with Gasteiger partial charge in [-0.15, -0.1) is 5.10 Å². The van der Waals surface area contributed by atoms with E-state index in [2.05, 4.69) is 30.4 Å². The highest BCUT2D eigenvalue weighted by atomic mass is 19.4. The Balaban J connectivity index is 1.27. The highest BCUT2D eigenvalue weighted by molar-refractivity contribution is 5.88. The van der Waals surface area contributed by atoms with Gasteiger partial charge in [0.1, 0.15) is 17.9 Å². The first-order valence-electron chi connectivity index (χ1n) is 13.4. The lowest BCUT2D eigenvalue weighted by Crippen LogP contribution is -2.09. The molecular weight excluding hydrogens is 547 g/mol. The fourth-order valence-electron chi connectivity index (χ4n) is 4.83. The highest BCUT2D eigenvalue weighted by Gasteiger charge is 2.35. The van der Waals surface area contributed by atoms with Crippen LogP contribution in [0, 0.1) is 0 Å². The lowest BCUT2D eigenvalue weighted by molar-refractivity contribution is -0.140. The van der Waals surface area contributed by atoms with Crippen molar-refractivity contribution in [1.29, 1.82) is 0 Å². The minimum absolute atomic E-state index is 0.193. The van der Waals surface area contributed by atoms with E-state index in [0.717, 1.165) is 17.3 Å². The van der Waals surface area contributed by atoms with Crippen molar-refractivity contribution in [2.24, 2.45) is 0 Å². The monoisotopic (exact) mass is 573 g/mol. The number of hydrogen-bond acceptors (Lipinski definition) is 8. The van der Waals surface area contributed by atoms with Gasteiger partial charge < -0.3 is 9.88 Å². The molecule has 0 amide bonds. The van der Waals surface area contributed by atoms with Crippen molar-refractivity contribution in [1.82, 2.24) is 39.1 Å². The summed E-state index contributed by atoms with van der Waals surface area (Å²) in [4.78, 5) is 33.4. The fraction of sp³-hybridized carbons (Fsp3) is 0.276. The van der Waals surface area contributed by atoms with Crippen LogP contribution in [0.5, 0.6) is 0 Å². The molecule has 1 aliphatic carbocycles. The number of benzene rings is 1. The Bertz CT molecular complexity index is 1800. The Morgan fingerprint density at radius 3 is 2.60 bits per heavy atom. The lowest BCUT2D eigenvalue weighted by atomic mass is 9.94. The zero-order valence-corrected chi connectivity index (χ0v) is 22.8. The largest absolute Gasteiger partial charge is 0.434 e. The van der Waals surface area contributed by atoms with Crippen molar-refractivity contribution in [3.8, 4) is 22.8 Å². The number of nitrogens with one attached hydrogen (secondary N) is 1. The molecule has 0 atom stereocenters. The Morgan fingerprint density at radius 2 is 1.88 bits per heavy atom. The standard InChI is InChI=1S/C29H26F3N9O/c1-17(2)40-15-23(29(30,31)32)37-27(40)20-5-3-18(4-6-20)13-35-26-28-34-11-12-41(28)39-25(38-26)22-14-33-16-36-24(22)19-7-9-21(42)10-8-19/h3-7,11-12,14-17H,8-10,13H2,1-2H3,(H,35,38,39). The summed E-state index contributed by atoms with van der Waals surface area (Å²) in [6, 6.07) is 6.98. The summed E-state index contributed by atoms with van der Waals surface area (Å²) in [5, 5.41) is 7.93. The number of rotatable bonds is 7. The predicted molar refractivity (Wildman–Crippen MR) is 149 cm³/mol. The van der Waals surface area contributed by atoms with E-state index in [0.29, 0.717) is 59.9 Å². The number of Topliss-reactive ketones (excluding diaryl/α,β-unsaturated/α-hetero) is 1. The number of aromatic nitrogens is 8. The van der Waals surface area contributed by atoms with Crippen LogP contribution in [0.1, 0.15) is 56.1 Å². The summed E-state index contributed by atoms with van der Waals surface area (Å²) < 4.78 is 43.1. The molecule has 0 spiro atoms. The normalized spacial score (nSPS) is 14.0. The first-order valence-corrected chi connectivity index (χ1v) is 13.4. The predicted octanol–water partition coefficient (Wildman–Crippen LogP) is 5.79.